The van der Waals surface area contributed by atoms with Crippen molar-refractivity contribution < 1.29 is 14.4 Å². The van der Waals surface area contributed by atoms with Crippen LogP contribution in [0.3, 0.4) is 0 Å². The lowest BCUT2D eigenvalue weighted by Crippen LogP contribution is -2.39. The van der Waals surface area contributed by atoms with Crippen LogP contribution in [0.2, 0.25) is 0 Å². The van der Waals surface area contributed by atoms with E-state index < -0.39 is 0 Å². The van der Waals surface area contributed by atoms with Gasteiger partial charge in [0.25, 0.3) is 5.91 Å². The van der Waals surface area contributed by atoms with Gasteiger partial charge in [0.1, 0.15) is 5.69 Å². The Labute approximate surface area is 221 Å². The number of carbonyl (C=O) groups excluding carboxylic acids is 1. The van der Waals surface area contributed by atoms with E-state index in [0.29, 0.717) is 25.1 Å². The van der Waals surface area contributed by atoms with E-state index in [1.54, 1.807) is 12.0 Å². The molecule has 192 valence electrons. The first-order chi connectivity index (χ1) is 18.7. The molecule has 8 heteroatoms. The molecule has 0 saturated carbocycles. The summed E-state index contributed by atoms with van der Waals surface area (Å²) in [5.74, 6) is -0.0797. The number of benzene rings is 3. The molecule has 8 nitrogen and oxygen atoms in total. The Balaban J connectivity index is 1.35. The Kier molecular flexibility index (Phi) is 6.47. The van der Waals surface area contributed by atoms with Crippen molar-refractivity contribution in [3.63, 3.8) is 0 Å². The fraction of sp³-hybridized carbons (Fsp3) is 0.267. The van der Waals surface area contributed by atoms with E-state index in [4.69, 9.17) is 9.57 Å². The largest absolute Gasteiger partial charge is 0.390 e. The van der Waals surface area contributed by atoms with Crippen LogP contribution in [-0.4, -0.2) is 46.4 Å². The highest BCUT2D eigenvalue weighted by molar-refractivity contribution is 6.14. The second-order valence-electron chi connectivity index (χ2n) is 9.59. The van der Waals surface area contributed by atoms with Gasteiger partial charge in [-0.2, -0.15) is 0 Å². The summed E-state index contributed by atoms with van der Waals surface area (Å²) >= 11 is 0. The number of methoxy groups -OCH3 is 1. The standard InChI is InChI=1S/C30H29N5O3/c1-3-16-35-29-23-8-4-5-9-24(23)30(36)34(27-11-7-6-10-25(27)28(29)31-33-35)18-22-17-26(32-38-22)21-14-12-20(13-15-21)19-37-2/h4-15,22H,3,16-19H2,1-2H3. The average Bonchev–Trinajstić information content (AvgIpc) is 3.59. The first-order valence-electron chi connectivity index (χ1n) is 12.9. The maximum atomic E-state index is 14.2. The highest BCUT2D eigenvalue weighted by atomic mass is 16.6. The SMILES string of the molecule is CCCn1nnc2c1-c1ccccc1C(=O)N(CC1CC(c3ccc(COC)cc3)=NO1)c1ccccc1-2. The number of hydrogen-bond donors (Lipinski definition) is 0. The second kappa shape index (κ2) is 10.2. The van der Waals surface area contributed by atoms with Gasteiger partial charge in [-0.05, 0) is 29.7 Å². The first-order valence-corrected chi connectivity index (χ1v) is 12.9. The number of fused-ring (bicyclic) bond motifs is 5. The van der Waals surface area contributed by atoms with Crippen molar-refractivity contribution in [2.24, 2.45) is 5.16 Å². The molecule has 38 heavy (non-hydrogen) atoms. The van der Waals surface area contributed by atoms with Gasteiger partial charge in [-0.3, -0.25) is 4.79 Å². The summed E-state index contributed by atoms with van der Waals surface area (Å²) in [6, 6.07) is 23.7. The molecular formula is C30H29N5O3. The maximum Gasteiger partial charge on any atom is 0.259 e. The van der Waals surface area contributed by atoms with E-state index in [9.17, 15) is 4.79 Å². The molecule has 0 bridgehead atoms. The molecule has 6 rings (SSSR count). The van der Waals surface area contributed by atoms with Crippen LogP contribution in [-0.2, 0) is 22.7 Å². The molecule has 0 spiro atoms. The van der Waals surface area contributed by atoms with Crippen molar-refractivity contribution in [1.82, 2.24) is 15.0 Å². The van der Waals surface area contributed by atoms with Crippen molar-refractivity contribution in [2.75, 3.05) is 18.6 Å². The smallest absolute Gasteiger partial charge is 0.259 e. The number of nitrogens with zero attached hydrogens (tertiary/aromatic N) is 5. The molecule has 1 atom stereocenters. The zero-order valence-electron chi connectivity index (χ0n) is 21.5. The molecule has 1 amide bonds. The summed E-state index contributed by atoms with van der Waals surface area (Å²) in [6.07, 6.45) is 1.24. The third kappa shape index (κ3) is 4.26. The van der Waals surface area contributed by atoms with Crippen LogP contribution >= 0.6 is 0 Å². The van der Waals surface area contributed by atoms with Gasteiger partial charge in [0.15, 0.2) is 6.10 Å². The number of aromatic nitrogens is 3. The van der Waals surface area contributed by atoms with E-state index >= 15 is 0 Å². The molecule has 0 N–H and O–H groups in total. The Morgan fingerprint density at radius 1 is 0.974 bits per heavy atom. The molecule has 1 aromatic heterocycles. The number of oxime groups is 1. The van der Waals surface area contributed by atoms with Crippen molar-refractivity contribution in [3.8, 4) is 22.5 Å². The van der Waals surface area contributed by atoms with Crippen LogP contribution < -0.4 is 4.90 Å². The summed E-state index contributed by atoms with van der Waals surface area (Å²) in [4.78, 5) is 21.8. The van der Waals surface area contributed by atoms with Crippen molar-refractivity contribution in [1.29, 1.82) is 0 Å². The van der Waals surface area contributed by atoms with E-state index in [0.717, 1.165) is 58.0 Å². The Morgan fingerprint density at radius 2 is 1.71 bits per heavy atom. The van der Waals surface area contributed by atoms with Crippen molar-refractivity contribution >= 4 is 17.3 Å². The predicted octanol–water partition coefficient (Wildman–Crippen LogP) is 5.32. The molecule has 0 aliphatic carbocycles. The molecule has 0 saturated heterocycles. The highest BCUT2D eigenvalue weighted by Gasteiger charge is 2.34. The van der Waals surface area contributed by atoms with Gasteiger partial charge in [-0.1, -0.05) is 78.0 Å². The fourth-order valence-corrected chi connectivity index (χ4v) is 5.21. The van der Waals surface area contributed by atoms with Gasteiger partial charge in [0.05, 0.1) is 30.2 Å². The van der Waals surface area contributed by atoms with E-state index in [-0.39, 0.29) is 12.0 Å². The number of aryl methyl sites for hydroxylation is 1. The number of carbonyl (C=O) groups is 1. The summed E-state index contributed by atoms with van der Waals surface area (Å²) in [5.41, 5.74) is 7.76. The minimum atomic E-state index is -0.275. The number of rotatable bonds is 7. The predicted molar refractivity (Wildman–Crippen MR) is 146 cm³/mol. The molecule has 0 radical (unpaired) electrons. The normalized spacial score (nSPS) is 16.2. The van der Waals surface area contributed by atoms with Gasteiger partial charge in [-0.25, -0.2) is 4.68 Å². The average molecular weight is 508 g/mol. The quantitative estimate of drug-likeness (QED) is 0.338. The Bertz CT molecular complexity index is 1510. The second-order valence-corrected chi connectivity index (χ2v) is 9.59. The summed E-state index contributed by atoms with van der Waals surface area (Å²) < 4.78 is 7.12. The first kappa shape index (κ1) is 24.1. The number of ether oxygens (including phenoxy) is 1. The number of amides is 1. The zero-order chi connectivity index (χ0) is 26.1. The minimum Gasteiger partial charge on any atom is -0.390 e. The van der Waals surface area contributed by atoms with Gasteiger partial charge in [-0.15, -0.1) is 5.10 Å². The minimum absolute atomic E-state index is 0.0797. The summed E-state index contributed by atoms with van der Waals surface area (Å²) in [5, 5.41) is 13.4. The van der Waals surface area contributed by atoms with Crippen LogP contribution in [0.5, 0.6) is 0 Å². The third-order valence-electron chi connectivity index (χ3n) is 7.00. The molecule has 2 aliphatic rings. The van der Waals surface area contributed by atoms with Crippen LogP contribution in [0.15, 0.2) is 78.0 Å². The molecule has 2 aliphatic heterocycles. The molecule has 0 fully saturated rings. The van der Waals surface area contributed by atoms with E-state index in [2.05, 4.69) is 22.4 Å². The number of anilines is 1. The molecule has 4 aromatic rings. The molecule has 1 unspecified atom stereocenters. The van der Waals surface area contributed by atoms with Crippen molar-refractivity contribution in [2.45, 2.75) is 39.0 Å². The fourth-order valence-electron chi connectivity index (χ4n) is 5.21. The Morgan fingerprint density at radius 3 is 2.47 bits per heavy atom. The summed E-state index contributed by atoms with van der Waals surface area (Å²) in [6.45, 7) is 3.75. The zero-order valence-corrected chi connectivity index (χ0v) is 21.5. The van der Waals surface area contributed by atoms with Gasteiger partial charge < -0.3 is 14.5 Å². The van der Waals surface area contributed by atoms with Gasteiger partial charge in [0.2, 0.25) is 0 Å². The van der Waals surface area contributed by atoms with Crippen LogP contribution in [0.25, 0.3) is 22.5 Å². The molecular weight excluding hydrogens is 478 g/mol. The van der Waals surface area contributed by atoms with Crippen molar-refractivity contribution in [3.05, 3.63) is 89.5 Å². The topological polar surface area (TPSA) is 81.8 Å². The number of hydrogen-bond acceptors (Lipinski definition) is 6. The molecule has 3 heterocycles. The lowest BCUT2D eigenvalue weighted by molar-refractivity contribution is 0.0818. The van der Waals surface area contributed by atoms with Gasteiger partial charge >= 0.3 is 0 Å². The lowest BCUT2D eigenvalue weighted by atomic mass is 9.94. The summed E-state index contributed by atoms with van der Waals surface area (Å²) in [7, 11) is 1.68. The van der Waals surface area contributed by atoms with E-state index in [1.165, 1.54) is 0 Å². The van der Waals surface area contributed by atoms with Gasteiger partial charge in [0, 0.05) is 36.8 Å². The number of para-hydroxylation sites is 1. The third-order valence-corrected chi connectivity index (χ3v) is 7.00. The Hall–Kier alpha value is -4.30. The van der Waals surface area contributed by atoms with E-state index in [1.807, 2.05) is 77.5 Å². The lowest BCUT2D eigenvalue weighted by Gasteiger charge is -2.29. The van der Waals surface area contributed by atoms with Crippen LogP contribution in [0.1, 0.15) is 41.3 Å². The monoisotopic (exact) mass is 507 g/mol. The van der Waals surface area contributed by atoms with Crippen LogP contribution in [0.4, 0.5) is 5.69 Å². The highest BCUT2D eigenvalue weighted by Crippen LogP contribution is 2.41. The molecule has 3 aromatic carbocycles. The van der Waals surface area contributed by atoms with Crippen LogP contribution in [0, 0.1) is 0 Å². The maximum absolute atomic E-state index is 14.2.